The maximum Gasteiger partial charge on any atom is 0.246 e. The van der Waals surface area contributed by atoms with Crippen molar-refractivity contribution in [1.82, 2.24) is 4.90 Å². The van der Waals surface area contributed by atoms with Crippen molar-refractivity contribution < 1.29 is 19.4 Å². The number of methoxy groups -OCH3 is 1. The van der Waals surface area contributed by atoms with Crippen LogP contribution >= 0.6 is 0 Å². The van der Waals surface area contributed by atoms with E-state index in [0.29, 0.717) is 31.0 Å². The molecule has 1 aliphatic heterocycles. The fourth-order valence-electron chi connectivity index (χ4n) is 4.18. The summed E-state index contributed by atoms with van der Waals surface area (Å²) in [6.07, 6.45) is 8.32. The normalized spacial score (nSPS) is 25.5. The molecule has 0 aromatic heterocycles. The maximum atomic E-state index is 12.6. The van der Waals surface area contributed by atoms with Crippen LogP contribution in [-0.4, -0.2) is 47.8 Å². The SMILES string of the molecule is COc1cc(C=CC(=O)N2CCC3(O)CCCCC3C2)ccc1OC(C)C. The molecule has 0 spiro atoms. The van der Waals surface area contributed by atoms with E-state index in [2.05, 4.69) is 0 Å². The van der Waals surface area contributed by atoms with Gasteiger partial charge in [0.1, 0.15) is 0 Å². The zero-order valence-corrected chi connectivity index (χ0v) is 16.6. The fraction of sp³-hybridized carbons (Fsp3) is 0.591. The Kier molecular flexibility index (Phi) is 6.10. The second kappa shape index (κ2) is 8.34. The van der Waals surface area contributed by atoms with Gasteiger partial charge in [-0.1, -0.05) is 18.9 Å². The Morgan fingerprint density at radius 3 is 2.85 bits per heavy atom. The molecule has 2 unspecified atom stereocenters. The van der Waals surface area contributed by atoms with E-state index in [-0.39, 0.29) is 17.9 Å². The van der Waals surface area contributed by atoms with Crippen LogP contribution in [0.2, 0.25) is 0 Å². The molecule has 0 radical (unpaired) electrons. The molecule has 3 rings (SSSR count). The van der Waals surface area contributed by atoms with Gasteiger partial charge in [-0.15, -0.1) is 0 Å². The highest BCUT2D eigenvalue weighted by Crippen LogP contribution is 2.39. The Hall–Kier alpha value is -2.01. The predicted molar refractivity (Wildman–Crippen MR) is 106 cm³/mol. The number of benzene rings is 1. The fourth-order valence-corrected chi connectivity index (χ4v) is 4.18. The summed E-state index contributed by atoms with van der Waals surface area (Å²) >= 11 is 0. The van der Waals surface area contributed by atoms with Crippen molar-refractivity contribution in [3.8, 4) is 11.5 Å². The van der Waals surface area contributed by atoms with Gasteiger partial charge in [-0.25, -0.2) is 0 Å². The Morgan fingerprint density at radius 2 is 2.11 bits per heavy atom. The Bertz CT molecular complexity index is 700. The van der Waals surface area contributed by atoms with Gasteiger partial charge < -0.3 is 19.5 Å². The minimum atomic E-state index is -0.557. The molecule has 1 aromatic rings. The molecule has 148 valence electrons. The van der Waals surface area contributed by atoms with Crippen molar-refractivity contribution in [2.75, 3.05) is 20.2 Å². The number of carbonyl (C=O) groups excluding carboxylic acids is 1. The summed E-state index contributed by atoms with van der Waals surface area (Å²) in [5.74, 6) is 1.57. The second-order valence-electron chi connectivity index (χ2n) is 7.99. The first kappa shape index (κ1) is 19.7. The lowest BCUT2D eigenvalue weighted by atomic mass is 9.71. The minimum absolute atomic E-state index is 0.00379. The third-order valence-corrected chi connectivity index (χ3v) is 5.71. The molecule has 0 bridgehead atoms. The van der Waals surface area contributed by atoms with Gasteiger partial charge in [0.25, 0.3) is 0 Å². The minimum Gasteiger partial charge on any atom is -0.493 e. The highest BCUT2D eigenvalue weighted by Gasteiger charge is 2.43. The van der Waals surface area contributed by atoms with Crippen LogP contribution in [0.1, 0.15) is 51.5 Å². The van der Waals surface area contributed by atoms with Gasteiger partial charge in [-0.3, -0.25) is 4.79 Å². The first-order chi connectivity index (χ1) is 12.9. The molecule has 1 N–H and O–H groups in total. The monoisotopic (exact) mass is 373 g/mol. The van der Waals surface area contributed by atoms with Gasteiger partial charge in [0.2, 0.25) is 5.91 Å². The van der Waals surface area contributed by atoms with Crippen LogP contribution in [0.4, 0.5) is 0 Å². The van der Waals surface area contributed by atoms with Crippen molar-refractivity contribution >= 4 is 12.0 Å². The van der Waals surface area contributed by atoms with Crippen molar-refractivity contribution in [3.63, 3.8) is 0 Å². The molecule has 1 saturated heterocycles. The van der Waals surface area contributed by atoms with Crippen LogP contribution in [0, 0.1) is 5.92 Å². The van der Waals surface area contributed by atoms with E-state index >= 15 is 0 Å². The largest absolute Gasteiger partial charge is 0.493 e. The Balaban J connectivity index is 1.64. The van der Waals surface area contributed by atoms with E-state index in [1.165, 1.54) is 0 Å². The summed E-state index contributed by atoms with van der Waals surface area (Å²) in [5, 5.41) is 10.8. The molecular weight excluding hydrogens is 342 g/mol. The van der Waals surface area contributed by atoms with Crippen molar-refractivity contribution in [3.05, 3.63) is 29.8 Å². The van der Waals surface area contributed by atoms with Gasteiger partial charge in [0, 0.05) is 25.1 Å². The smallest absolute Gasteiger partial charge is 0.246 e. The second-order valence-corrected chi connectivity index (χ2v) is 7.99. The van der Waals surface area contributed by atoms with Gasteiger partial charge in [-0.05, 0) is 56.9 Å². The average molecular weight is 373 g/mol. The molecule has 27 heavy (non-hydrogen) atoms. The average Bonchev–Trinajstić information content (AvgIpc) is 2.65. The van der Waals surface area contributed by atoms with Crippen molar-refractivity contribution in [2.45, 2.75) is 57.7 Å². The number of ether oxygens (including phenoxy) is 2. The molecule has 1 heterocycles. The maximum absolute atomic E-state index is 12.6. The molecule has 1 saturated carbocycles. The molecular formula is C22H31NO4. The summed E-state index contributed by atoms with van der Waals surface area (Å²) in [6, 6.07) is 5.66. The number of rotatable bonds is 5. The molecule has 1 amide bonds. The lowest BCUT2D eigenvalue weighted by molar-refractivity contribution is -0.138. The number of piperidine rings is 1. The summed E-state index contributed by atoms with van der Waals surface area (Å²) < 4.78 is 11.1. The van der Waals surface area contributed by atoms with Gasteiger partial charge in [0.05, 0.1) is 18.8 Å². The van der Waals surface area contributed by atoms with Crippen LogP contribution in [0.5, 0.6) is 11.5 Å². The highest BCUT2D eigenvalue weighted by molar-refractivity contribution is 5.92. The number of aliphatic hydroxyl groups is 1. The third kappa shape index (κ3) is 4.64. The lowest BCUT2D eigenvalue weighted by Crippen LogP contribution is -2.54. The van der Waals surface area contributed by atoms with Crippen LogP contribution in [0.15, 0.2) is 24.3 Å². The van der Waals surface area contributed by atoms with Crippen LogP contribution in [0.3, 0.4) is 0 Å². The number of amides is 1. The summed E-state index contributed by atoms with van der Waals surface area (Å²) in [7, 11) is 1.61. The van der Waals surface area contributed by atoms with E-state index in [4.69, 9.17) is 9.47 Å². The molecule has 2 aliphatic rings. The van der Waals surface area contributed by atoms with Crippen molar-refractivity contribution in [2.24, 2.45) is 5.92 Å². The third-order valence-electron chi connectivity index (χ3n) is 5.71. The number of likely N-dealkylation sites (tertiary alicyclic amines) is 1. The lowest BCUT2D eigenvalue weighted by Gasteiger charge is -2.47. The van der Waals surface area contributed by atoms with Crippen molar-refractivity contribution in [1.29, 1.82) is 0 Å². The molecule has 1 aliphatic carbocycles. The Labute approximate surface area is 162 Å². The molecule has 2 atom stereocenters. The van der Waals surface area contributed by atoms with Gasteiger partial charge in [0.15, 0.2) is 11.5 Å². The van der Waals surface area contributed by atoms with E-state index < -0.39 is 5.60 Å². The first-order valence-electron chi connectivity index (χ1n) is 9.95. The van der Waals surface area contributed by atoms with E-state index in [1.54, 1.807) is 13.2 Å². The molecule has 2 fully saturated rings. The first-order valence-corrected chi connectivity index (χ1v) is 9.95. The molecule has 5 nitrogen and oxygen atoms in total. The number of fused-ring (bicyclic) bond motifs is 1. The number of hydrogen-bond acceptors (Lipinski definition) is 4. The summed E-state index contributed by atoms with van der Waals surface area (Å²) in [4.78, 5) is 14.5. The topological polar surface area (TPSA) is 59.0 Å². The quantitative estimate of drug-likeness (QED) is 0.801. The van der Waals surface area contributed by atoms with Crippen LogP contribution in [0.25, 0.3) is 6.08 Å². The summed E-state index contributed by atoms with van der Waals surface area (Å²) in [6.45, 7) is 5.22. The highest BCUT2D eigenvalue weighted by atomic mass is 16.5. The molecule has 5 heteroatoms. The zero-order chi connectivity index (χ0) is 19.4. The number of hydrogen-bond donors (Lipinski definition) is 1. The van der Waals surface area contributed by atoms with Crippen LogP contribution < -0.4 is 9.47 Å². The molecule has 1 aromatic carbocycles. The van der Waals surface area contributed by atoms with E-state index in [0.717, 1.165) is 31.2 Å². The zero-order valence-electron chi connectivity index (χ0n) is 16.6. The number of nitrogens with zero attached hydrogens (tertiary/aromatic N) is 1. The van der Waals surface area contributed by atoms with Crippen LogP contribution in [-0.2, 0) is 4.79 Å². The summed E-state index contributed by atoms with van der Waals surface area (Å²) in [5.41, 5.74) is 0.334. The van der Waals surface area contributed by atoms with E-state index in [9.17, 15) is 9.90 Å². The standard InChI is InChI=1S/C22H31NO4/c1-16(2)27-19-9-7-17(14-20(19)26-3)8-10-21(24)23-13-12-22(25)11-5-4-6-18(22)15-23/h7-10,14,16,18,25H,4-6,11-13,15H2,1-3H3. The van der Waals surface area contributed by atoms with Gasteiger partial charge >= 0.3 is 0 Å². The predicted octanol–water partition coefficient (Wildman–Crippen LogP) is 3.65. The van der Waals surface area contributed by atoms with Gasteiger partial charge in [-0.2, -0.15) is 0 Å². The number of carbonyl (C=O) groups is 1. The van der Waals surface area contributed by atoms with E-state index in [1.807, 2.05) is 43.0 Å². The Morgan fingerprint density at radius 1 is 1.30 bits per heavy atom.